The Bertz CT molecular complexity index is 599. The van der Waals surface area contributed by atoms with Crippen molar-refractivity contribution >= 4 is 70.9 Å². The van der Waals surface area contributed by atoms with Crippen LogP contribution in [0, 0.1) is 0 Å². The predicted octanol–water partition coefficient (Wildman–Crippen LogP) is 4.82. The third kappa shape index (κ3) is 3.83. The number of halogens is 4. The second-order valence-electron chi connectivity index (χ2n) is 4.12. The Morgan fingerprint density at radius 1 is 0.857 bits per heavy atom. The quantitative estimate of drug-likeness (QED) is 0.771. The summed E-state index contributed by atoms with van der Waals surface area (Å²) in [7, 11) is -1.40. The van der Waals surface area contributed by atoms with Gasteiger partial charge in [0.25, 0.3) is 0 Å². The van der Waals surface area contributed by atoms with E-state index in [1.54, 1.807) is 36.4 Å². The largest absolute Gasteiger partial charge is 0.481 e. The molecule has 2 nitrogen and oxygen atoms in total. The van der Waals surface area contributed by atoms with E-state index in [-0.39, 0.29) is 6.16 Å². The summed E-state index contributed by atoms with van der Waals surface area (Å²) in [6.07, 6.45) is -0.151. The van der Waals surface area contributed by atoms with E-state index in [2.05, 4.69) is 0 Å². The molecule has 0 bridgehead atoms. The van der Waals surface area contributed by atoms with Gasteiger partial charge in [0.15, 0.2) is 0 Å². The summed E-state index contributed by atoms with van der Waals surface area (Å²) >= 11 is 24.9. The molecule has 0 aliphatic rings. The lowest BCUT2D eigenvalue weighted by Crippen LogP contribution is -2.21. The average molecular weight is 382 g/mol. The number of carbonyl (C=O) groups is 1. The van der Waals surface area contributed by atoms with E-state index in [4.69, 9.17) is 46.4 Å². The molecule has 21 heavy (non-hydrogen) atoms. The highest BCUT2D eigenvalue weighted by molar-refractivity contribution is 7.74. The number of hydrogen-bond acceptors (Lipinski definition) is 1. The van der Waals surface area contributed by atoms with Crippen molar-refractivity contribution in [3.8, 4) is 0 Å². The van der Waals surface area contributed by atoms with Gasteiger partial charge in [0.05, 0.1) is 26.3 Å². The lowest BCUT2D eigenvalue weighted by atomic mass is 10.3. The van der Waals surface area contributed by atoms with E-state index in [1.165, 1.54) is 0 Å². The van der Waals surface area contributed by atoms with Crippen LogP contribution in [0.2, 0.25) is 20.1 Å². The fraction of sp³-hybridized carbons (Fsp3) is 0.0714. The topological polar surface area (TPSA) is 37.3 Å². The molecule has 1 N–H and O–H groups in total. The molecule has 0 aliphatic heterocycles. The Balaban J connectivity index is 2.67. The standard InChI is InChI=1S/C14H9Cl4O2P/c15-8-3-1-4-9(16)13(8)21(7-12(19)20)14-10(17)5-2-6-11(14)18/h1-6H,7H2,(H,19,20). The van der Waals surface area contributed by atoms with Gasteiger partial charge in [0.2, 0.25) is 0 Å². The molecule has 0 radical (unpaired) electrons. The maximum absolute atomic E-state index is 11.2. The zero-order chi connectivity index (χ0) is 15.6. The molecule has 0 heterocycles. The molecule has 0 saturated carbocycles. The molecule has 110 valence electrons. The van der Waals surface area contributed by atoms with E-state index in [0.717, 1.165) is 0 Å². The third-order valence-corrected chi connectivity index (χ3v) is 7.13. The van der Waals surface area contributed by atoms with Crippen molar-refractivity contribution in [1.29, 1.82) is 0 Å². The van der Waals surface area contributed by atoms with Crippen LogP contribution in [-0.4, -0.2) is 17.2 Å². The number of aliphatic carboxylic acids is 1. The van der Waals surface area contributed by atoms with Crippen molar-refractivity contribution in [3.63, 3.8) is 0 Å². The predicted molar refractivity (Wildman–Crippen MR) is 91.6 cm³/mol. The smallest absolute Gasteiger partial charge is 0.308 e. The van der Waals surface area contributed by atoms with Crippen molar-refractivity contribution in [3.05, 3.63) is 56.5 Å². The normalized spacial score (nSPS) is 10.9. The van der Waals surface area contributed by atoms with Gasteiger partial charge < -0.3 is 5.11 Å². The zero-order valence-corrected chi connectivity index (χ0v) is 14.4. The van der Waals surface area contributed by atoms with Crippen molar-refractivity contribution in [1.82, 2.24) is 0 Å². The van der Waals surface area contributed by atoms with Gasteiger partial charge in [-0.2, -0.15) is 0 Å². The summed E-state index contributed by atoms with van der Waals surface area (Å²) in [6, 6.07) is 10.1. The third-order valence-electron chi connectivity index (χ3n) is 2.71. The summed E-state index contributed by atoms with van der Waals surface area (Å²) in [5.41, 5.74) is 0. The first-order valence-electron chi connectivity index (χ1n) is 5.79. The molecule has 0 unspecified atom stereocenters. The SMILES string of the molecule is O=C(O)CP(c1c(Cl)cccc1Cl)c1c(Cl)cccc1Cl. The minimum absolute atomic E-state index is 0.151. The monoisotopic (exact) mass is 380 g/mol. The molecule has 7 heteroatoms. The number of rotatable bonds is 4. The number of carboxylic acids is 1. The Morgan fingerprint density at radius 2 is 1.19 bits per heavy atom. The maximum atomic E-state index is 11.2. The van der Waals surface area contributed by atoms with E-state index < -0.39 is 13.9 Å². The lowest BCUT2D eigenvalue weighted by Gasteiger charge is -2.21. The number of benzene rings is 2. The Hall–Kier alpha value is -0.500. The Kier molecular flexibility index (Phi) is 5.76. The van der Waals surface area contributed by atoms with E-state index >= 15 is 0 Å². The summed E-state index contributed by atoms with van der Waals surface area (Å²) < 4.78 is 0. The minimum Gasteiger partial charge on any atom is -0.481 e. The number of hydrogen-bond donors (Lipinski definition) is 1. The Morgan fingerprint density at radius 3 is 1.48 bits per heavy atom. The van der Waals surface area contributed by atoms with Gasteiger partial charge in [-0.05, 0) is 32.2 Å². The molecule has 2 aromatic carbocycles. The second-order valence-corrected chi connectivity index (χ2v) is 7.82. The van der Waals surface area contributed by atoms with Crippen molar-refractivity contribution in [2.45, 2.75) is 0 Å². The van der Waals surface area contributed by atoms with Crippen LogP contribution in [0.25, 0.3) is 0 Å². The molecular weight excluding hydrogens is 373 g/mol. The molecule has 0 amide bonds. The molecule has 0 spiro atoms. The maximum Gasteiger partial charge on any atom is 0.308 e. The average Bonchev–Trinajstić information content (AvgIpc) is 2.37. The van der Waals surface area contributed by atoms with E-state index in [1.807, 2.05) is 0 Å². The highest BCUT2D eigenvalue weighted by Gasteiger charge is 2.26. The van der Waals surface area contributed by atoms with Crippen LogP contribution in [0.3, 0.4) is 0 Å². The highest BCUT2D eigenvalue weighted by Crippen LogP contribution is 2.43. The van der Waals surface area contributed by atoms with Gasteiger partial charge in [-0.1, -0.05) is 58.5 Å². The van der Waals surface area contributed by atoms with Crippen LogP contribution >= 0.6 is 54.3 Å². The fourth-order valence-electron chi connectivity index (χ4n) is 1.90. The van der Waals surface area contributed by atoms with E-state index in [9.17, 15) is 9.90 Å². The molecule has 2 rings (SSSR count). The molecule has 0 aromatic heterocycles. The minimum atomic E-state index is -1.40. The summed E-state index contributed by atoms with van der Waals surface area (Å²) in [6.45, 7) is 0. The van der Waals surface area contributed by atoms with Crippen LogP contribution in [0.5, 0.6) is 0 Å². The Labute approximate surface area is 143 Å². The van der Waals surface area contributed by atoms with Crippen LogP contribution in [0.15, 0.2) is 36.4 Å². The van der Waals surface area contributed by atoms with Crippen molar-refractivity contribution < 1.29 is 9.90 Å². The first kappa shape index (κ1) is 16.9. The second kappa shape index (κ2) is 7.17. The van der Waals surface area contributed by atoms with Gasteiger partial charge in [0, 0.05) is 10.6 Å². The van der Waals surface area contributed by atoms with Crippen molar-refractivity contribution in [2.24, 2.45) is 0 Å². The van der Waals surface area contributed by atoms with E-state index in [0.29, 0.717) is 30.7 Å². The summed E-state index contributed by atoms with van der Waals surface area (Å²) in [4.78, 5) is 11.2. The van der Waals surface area contributed by atoms with Crippen LogP contribution in [0.1, 0.15) is 0 Å². The highest BCUT2D eigenvalue weighted by atomic mass is 35.5. The van der Waals surface area contributed by atoms with Gasteiger partial charge >= 0.3 is 5.97 Å². The molecule has 2 aromatic rings. The lowest BCUT2D eigenvalue weighted by molar-refractivity contribution is -0.134. The van der Waals surface area contributed by atoms with Gasteiger partial charge in [-0.25, -0.2) is 0 Å². The molecular formula is C14H9Cl4O2P. The molecule has 0 atom stereocenters. The summed E-state index contributed by atoms with van der Waals surface area (Å²) in [5.74, 6) is -0.965. The summed E-state index contributed by atoms with van der Waals surface area (Å²) in [5, 5.41) is 12.0. The van der Waals surface area contributed by atoms with Crippen LogP contribution in [-0.2, 0) is 4.79 Å². The van der Waals surface area contributed by atoms with Gasteiger partial charge in [-0.3, -0.25) is 4.79 Å². The zero-order valence-electron chi connectivity index (χ0n) is 10.5. The molecule has 0 saturated heterocycles. The molecule has 0 aliphatic carbocycles. The number of carboxylic acid groups (broad SMARTS) is 1. The van der Waals surface area contributed by atoms with Gasteiger partial charge in [0.1, 0.15) is 0 Å². The van der Waals surface area contributed by atoms with Crippen LogP contribution in [0.4, 0.5) is 0 Å². The first-order valence-corrected chi connectivity index (χ1v) is 8.83. The van der Waals surface area contributed by atoms with Crippen molar-refractivity contribution in [2.75, 3.05) is 6.16 Å². The van der Waals surface area contributed by atoms with Crippen LogP contribution < -0.4 is 10.6 Å². The molecule has 0 fully saturated rings. The fourth-order valence-corrected chi connectivity index (χ4v) is 6.06. The van der Waals surface area contributed by atoms with Gasteiger partial charge in [-0.15, -0.1) is 0 Å². The first-order chi connectivity index (χ1) is 9.91.